The average Bonchev–Trinajstić information content (AvgIpc) is 3.36. The predicted molar refractivity (Wildman–Crippen MR) is 122 cm³/mol. The molecule has 7 heteroatoms. The minimum atomic E-state index is -3.66. The highest BCUT2D eigenvalue weighted by atomic mass is 32.2. The lowest BCUT2D eigenvalue weighted by molar-refractivity contribution is 0.0970. The third kappa shape index (κ3) is 3.72. The fourth-order valence-corrected chi connectivity index (χ4v) is 6.15. The molecular formula is C25H24N2O4S. The SMILES string of the molecule is O=C(Cn1cc(S(=O)(=O)N2CCCC2)ccc1=O)c1ccc2c(c1)CCc1ccccc1-2. The van der Waals surface area contributed by atoms with Crippen LogP contribution in [0.25, 0.3) is 11.1 Å². The van der Waals surface area contributed by atoms with Crippen LogP contribution in [-0.4, -0.2) is 36.2 Å². The summed E-state index contributed by atoms with van der Waals surface area (Å²) in [6.45, 7) is 0.773. The van der Waals surface area contributed by atoms with E-state index >= 15 is 0 Å². The second-order valence-electron chi connectivity index (χ2n) is 8.39. The molecule has 164 valence electrons. The van der Waals surface area contributed by atoms with Crippen molar-refractivity contribution in [2.75, 3.05) is 13.1 Å². The van der Waals surface area contributed by atoms with Crippen molar-refractivity contribution in [3.8, 4) is 11.1 Å². The number of ketones is 1. The van der Waals surface area contributed by atoms with Crippen LogP contribution in [0.1, 0.15) is 34.3 Å². The lowest BCUT2D eigenvalue weighted by atomic mass is 9.84. The van der Waals surface area contributed by atoms with Crippen LogP contribution in [0.4, 0.5) is 0 Å². The smallest absolute Gasteiger partial charge is 0.251 e. The number of pyridine rings is 1. The van der Waals surface area contributed by atoms with Crippen molar-refractivity contribution in [1.82, 2.24) is 8.87 Å². The summed E-state index contributed by atoms with van der Waals surface area (Å²) in [5, 5.41) is 0. The van der Waals surface area contributed by atoms with E-state index in [2.05, 4.69) is 12.1 Å². The van der Waals surface area contributed by atoms with Gasteiger partial charge in [-0.15, -0.1) is 0 Å². The Labute approximate surface area is 187 Å². The van der Waals surface area contributed by atoms with Gasteiger partial charge in [0.1, 0.15) is 0 Å². The van der Waals surface area contributed by atoms with Crippen LogP contribution >= 0.6 is 0 Å². The minimum Gasteiger partial charge on any atom is -0.306 e. The summed E-state index contributed by atoms with van der Waals surface area (Å²) >= 11 is 0. The summed E-state index contributed by atoms with van der Waals surface area (Å²) in [6, 6.07) is 16.5. The Morgan fingerprint density at radius 2 is 1.59 bits per heavy atom. The number of aromatic nitrogens is 1. The summed E-state index contributed by atoms with van der Waals surface area (Å²) in [4.78, 5) is 25.4. The molecule has 0 atom stereocenters. The number of carbonyl (C=O) groups excluding carboxylic acids is 1. The van der Waals surface area contributed by atoms with Gasteiger partial charge in [-0.05, 0) is 60.1 Å². The first kappa shape index (κ1) is 20.8. The molecule has 32 heavy (non-hydrogen) atoms. The third-order valence-corrected chi connectivity index (χ3v) is 8.25. The number of benzene rings is 2. The quantitative estimate of drug-likeness (QED) is 0.562. The van der Waals surface area contributed by atoms with E-state index in [0.29, 0.717) is 18.7 Å². The molecule has 6 nitrogen and oxygen atoms in total. The first-order valence-electron chi connectivity index (χ1n) is 10.9. The van der Waals surface area contributed by atoms with Crippen LogP contribution < -0.4 is 5.56 Å². The highest BCUT2D eigenvalue weighted by Gasteiger charge is 2.28. The van der Waals surface area contributed by atoms with Crippen LogP contribution in [0, 0.1) is 0 Å². The van der Waals surface area contributed by atoms with Gasteiger partial charge in [-0.25, -0.2) is 8.42 Å². The van der Waals surface area contributed by atoms with Gasteiger partial charge in [0, 0.05) is 30.9 Å². The number of aryl methyl sites for hydroxylation is 2. The number of fused-ring (bicyclic) bond motifs is 3. The molecular weight excluding hydrogens is 424 g/mol. The molecule has 0 unspecified atom stereocenters. The molecule has 0 spiro atoms. The normalized spacial score (nSPS) is 15.9. The molecule has 0 radical (unpaired) electrons. The van der Waals surface area contributed by atoms with Crippen molar-refractivity contribution < 1.29 is 13.2 Å². The van der Waals surface area contributed by atoms with Crippen LogP contribution in [-0.2, 0) is 29.4 Å². The summed E-state index contributed by atoms with van der Waals surface area (Å²) in [5.74, 6) is -0.218. The van der Waals surface area contributed by atoms with Gasteiger partial charge in [0.15, 0.2) is 5.78 Å². The zero-order chi connectivity index (χ0) is 22.3. The number of carbonyl (C=O) groups is 1. The maximum absolute atomic E-state index is 13.0. The van der Waals surface area contributed by atoms with E-state index < -0.39 is 15.6 Å². The number of hydrogen-bond donors (Lipinski definition) is 0. The van der Waals surface area contributed by atoms with Crippen LogP contribution in [0.3, 0.4) is 0 Å². The summed E-state index contributed by atoms with van der Waals surface area (Å²) in [6.07, 6.45) is 4.75. The third-order valence-electron chi connectivity index (χ3n) is 6.37. The first-order chi connectivity index (χ1) is 15.4. The fraction of sp³-hybridized carbons (Fsp3) is 0.280. The Kier molecular flexibility index (Phi) is 5.31. The van der Waals surface area contributed by atoms with Gasteiger partial charge in [0.25, 0.3) is 5.56 Å². The number of hydrogen-bond acceptors (Lipinski definition) is 4. The summed E-state index contributed by atoms with van der Waals surface area (Å²) in [5.41, 5.74) is 4.89. The van der Waals surface area contributed by atoms with Gasteiger partial charge in [-0.3, -0.25) is 9.59 Å². The zero-order valence-corrected chi connectivity index (χ0v) is 18.5. The van der Waals surface area contributed by atoms with Gasteiger partial charge in [0.05, 0.1) is 11.4 Å². The van der Waals surface area contributed by atoms with Crippen molar-refractivity contribution in [3.63, 3.8) is 0 Å². The van der Waals surface area contributed by atoms with E-state index in [0.717, 1.165) is 36.8 Å². The van der Waals surface area contributed by atoms with E-state index in [9.17, 15) is 18.0 Å². The topological polar surface area (TPSA) is 76.5 Å². The Bertz CT molecular complexity index is 1370. The van der Waals surface area contributed by atoms with E-state index in [1.54, 1.807) is 6.07 Å². The molecule has 2 aliphatic rings. The maximum atomic E-state index is 13.0. The summed E-state index contributed by atoms with van der Waals surface area (Å²) < 4.78 is 28.3. The van der Waals surface area contributed by atoms with Gasteiger partial charge >= 0.3 is 0 Å². The number of rotatable bonds is 5. The molecule has 2 heterocycles. The van der Waals surface area contributed by atoms with Crippen LogP contribution in [0.2, 0.25) is 0 Å². The van der Waals surface area contributed by atoms with Crippen molar-refractivity contribution in [1.29, 1.82) is 0 Å². The van der Waals surface area contributed by atoms with E-state index in [1.165, 1.54) is 38.3 Å². The van der Waals surface area contributed by atoms with Crippen molar-refractivity contribution >= 4 is 15.8 Å². The number of nitrogens with zero attached hydrogens (tertiary/aromatic N) is 2. The van der Waals surface area contributed by atoms with Crippen molar-refractivity contribution in [2.45, 2.75) is 37.1 Å². The number of sulfonamides is 1. The first-order valence-corrected chi connectivity index (χ1v) is 12.3. The zero-order valence-electron chi connectivity index (χ0n) is 17.7. The van der Waals surface area contributed by atoms with E-state index in [4.69, 9.17) is 0 Å². The van der Waals surface area contributed by atoms with E-state index in [1.807, 2.05) is 24.3 Å². The standard InChI is InChI=1S/C25H24N2O4S/c28-24(20-9-11-23-19(15-20)8-7-18-5-1-2-6-22(18)23)17-26-16-21(10-12-25(26)29)32(30,31)27-13-3-4-14-27/h1-2,5-6,9-12,15-16H,3-4,7-8,13-14,17H2. The molecule has 0 amide bonds. The molecule has 1 aliphatic carbocycles. The molecule has 5 rings (SSSR count). The Balaban J connectivity index is 1.42. The molecule has 1 fully saturated rings. The highest BCUT2D eigenvalue weighted by molar-refractivity contribution is 7.89. The molecule has 1 aromatic heterocycles. The van der Waals surface area contributed by atoms with Crippen LogP contribution in [0.15, 0.2) is 70.5 Å². The lowest BCUT2D eigenvalue weighted by Gasteiger charge is -2.20. The molecule has 0 bridgehead atoms. The Hall–Kier alpha value is -3.03. The minimum absolute atomic E-state index is 0.0499. The highest BCUT2D eigenvalue weighted by Crippen LogP contribution is 2.33. The van der Waals surface area contributed by atoms with Crippen molar-refractivity contribution in [2.24, 2.45) is 0 Å². The van der Waals surface area contributed by atoms with E-state index in [-0.39, 0.29) is 17.2 Å². The maximum Gasteiger partial charge on any atom is 0.251 e. The molecule has 0 saturated carbocycles. The van der Waals surface area contributed by atoms with Crippen LogP contribution in [0.5, 0.6) is 0 Å². The van der Waals surface area contributed by atoms with Gasteiger partial charge in [-0.1, -0.05) is 36.4 Å². The molecule has 1 saturated heterocycles. The molecule has 1 aliphatic heterocycles. The van der Waals surface area contributed by atoms with Gasteiger partial charge < -0.3 is 4.57 Å². The lowest BCUT2D eigenvalue weighted by Crippen LogP contribution is -2.30. The molecule has 3 aromatic rings. The van der Waals surface area contributed by atoms with Gasteiger partial charge in [-0.2, -0.15) is 4.31 Å². The average molecular weight is 449 g/mol. The Morgan fingerprint density at radius 1 is 0.875 bits per heavy atom. The second-order valence-corrected chi connectivity index (χ2v) is 10.3. The summed E-state index contributed by atoms with van der Waals surface area (Å²) in [7, 11) is -3.66. The predicted octanol–water partition coefficient (Wildman–Crippen LogP) is 3.28. The monoisotopic (exact) mass is 448 g/mol. The number of Topliss-reactive ketones (excluding diaryl/α,β-unsaturated/α-hetero) is 1. The fourth-order valence-electron chi connectivity index (χ4n) is 4.62. The largest absolute Gasteiger partial charge is 0.306 e. The Morgan fingerprint density at radius 3 is 2.41 bits per heavy atom. The van der Waals surface area contributed by atoms with Crippen molar-refractivity contribution in [3.05, 3.63) is 87.8 Å². The second kappa shape index (κ2) is 8.15. The molecule has 0 N–H and O–H groups in total. The van der Waals surface area contributed by atoms with Gasteiger partial charge in [0.2, 0.25) is 10.0 Å². The molecule has 2 aromatic carbocycles.